The van der Waals surface area contributed by atoms with Crippen molar-refractivity contribution < 1.29 is 18.9 Å². The molecule has 2 aromatic carbocycles. The van der Waals surface area contributed by atoms with Crippen molar-refractivity contribution in [1.29, 1.82) is 0 Å². The van der Waals surface area contributed by atoms with E-state index < -0.39 is 0 Å². The van der Waals surface area contributed by atoms with Crippen molar-refractivity contribution in [3.63, 3.8) is 0 Å². The molecule has 0 unspecified atom stereocenters. The third-order valence-electron chi connectivity index (χ3n) is 3.57. The molecule has 2 rings (SSSR count). The molecule has 0 saturated heterocycles. The maximum Gasteiger partial charge on any atom is 0.193 e. The van der Waals surface area contributed by atoms with E-state index in [1.54, 1.807) is 34.5 Å². The lowest BCUT2D eigenvalue weighted by Gasteiger charge is -2.13. The van der Waals surface area contributed by atoms with Crippen molar-refractivity contribution in [3.05, 3.63) is 42.0 Å². The van der Waals surface area contributed by atoms with Gasteiger partial charge in [0, 0.05) is 17.3 Å². The van der Waals surface area contributed by atoms with Gasteiger partial charge < -0.3 is 30.0 Å². The van der Waals surface area contributed by atoms with Crippen LogP contribution in [-0.4, -0.2) is 34.4 Å². The van der Waals surface area contributed by atoms with E-state index in [2.05, 4.69) is 10.3 Å². The summed E-state index contributed by atoms with van der Waals surface area (Å²) in [5.74, 6) is 2.92. The first-order valence-electron chi connectivity index (χ1n) is 7.61. The molecule has 0 atom stereocenters. The number of benzene rings is 2. The zero-order chi connectivity index (χ0) is 18.2. The smallest absolute Gasteiger partial charge is 0.193 e. The van der Waals surface area contributed by atoms with Gasteiger partial charge in [0.05, 0.1) is 35.0 Å². The Kier molecular flexibility index (Phi) is 8.83. The van der Waals surface area contributed by atoms with E-state index in [9.17, 15) is 0 Å². The molecule has 142 valence electrons. The third kappa shape index (κ3) is 5.58. The Morgan fingerprint density at radius 3 is 2.00 bits per heavy atom. The van der Waals surface area contributed by atoms with Crippen LogP contribution in [0.25, 0.3) is 0 Å². The second kappa shape index (κ2) is 10.6. The van der Waals surface area contributed by atoms with Crippen LogP contribution in [0.15, 0.2) is 41.4 Å². The molecular weight excluding hydrogens is 449 g/mol. The molecular formula is C18H24IN3O4. The van der Waals surface area contributed by atoms with Crippen LogP contribution in [-0.2, 0) is 6.54 Å². The number of hydrogen-bond donors (Lipinski definition) is 2. The Bertz CT molecular complexity index is 736. The van der Waals surface area contributed by atoms with Gasteiger partial charge in [-0.05, 0) is 30.3 Å². The maximum atomic E-state index is 5.95. The maximum absolute atomic E-state index is 5.95. The lowest BCUT2D eigenvalue weighted by atomic mass is 10.1. The summed E-state index contributed by atoms with van der Waals surface area (Å²) in [5, 5.41) is 3.03. The van der Waals surface area contributed by atoms with E-state index >= 15 is 0 Å². The van der Waals surface area contributed by atoms with Gasteiger partial charge in [-0.2, -0.15) is 0 Å². The van der Waals surface area contributed by atoms with Crippen molar-refractivity contribution in [2.75, 3.05) is 33.8 Å². The van der Waals surface area contributed by atoms with Gasteiger partial charge >= 0.3 is 0 Å². The van der Waals surface area contributed by atoms with E-state index in [-0.39, 0.29) is 24.0 Å². The third-order valence-corrected chi connectivity index (χ3v) is 3.57. The number of rotatable bonds is 7. The quantitative estimate of drug-likeness (QED) is 0.365. The van der Waals surface area contributed by atoms with Crippen molar-refractivity contribution in [3.8, 4) is 23.0 Å². The topological polar surface area (TPSA) is 87.3 Å². The highest BCUT2D eigenvalue weighted by atomic mass is 127. The fourth-order valence-corrected chi connectivity index (χ4v) is 2.25. The molecule has 8 heteroatoms. The number of nitrogens with one attached hydrogen (secondary N) is 1. The number of ether oxygens (including phenoxy) is 4. The van der Waals surface area contributed by atoms with E-state index in [0.717, 1.165) is 17.0 Å². The molecule has 0 radical (unpaired) electrons. The fourth-order valence-electron chi connectivity index (χ4n) is 2.25. The Labute approximate surface area is 170 Å². The highest BCUT2D eigenvalue weighted by Gasteiger charge is 2.11. The first kappa shape index (κ1) is 21.7. The molecule has 0 aromatic heterocycles. The highest BCUT2D eigenvalue weighted by Crippen LogP contribution is 2.34. The minimum absolute atomic E-state index is 0. The fraction of sp³-hybridized carbons (Fsp3) is 0.278. The summed E-state index contributed by atoms with van der Waals surface area (Å²) >= 11 is 0. The molecule has 0 aliphatic heterocycles. The number of anilines is 1. The molecule has 3 N–H and O–H groups in total. The van der Waals surface area contributed by atoms with Crippen LogP contribution in [0.2, 0.25) is 0 Å². The first-order chi connectivity index (χ1) is 12.1. The number of nitrogens with two attached hydrogens (primary N) is 1. The minimum atomic E-state index is 0. The van der Waals surface area contributed by atoms with E-state index in [1.807, 2.05) is 30.3 Å². The zero-order valence-corrected chi connectivity index (χ0v) is 17.6. The SMILES string of the molecule is COc1ccc(NC(N)=NCc2cc(OC)c(OC)cc2OC)cc1.I. The van der Waals surface area contributed by atoms with E-state index in [1.165, 1.54) is 0 Å². The van der Waals surface area contributed by atoms with Gasteiger partial charge in [-0.25, -0.2) is 4.99 Å². The molecule has 0 aliphatic carbocycles. The van der Waals surface area contributed by atoms with Gasteiger partial charge in [-0.1, -0.05) is 0 Å². The van der Waals surface area contributed by atoms with Crippen LogP contribution >= 0.6 is 24.0 Å². The second-order valence-corrected chi connectivity index (χ2v) is 5.07. The van der Waals surface area contributed by atoms with E-state index in [0.29, 0.717) is 29.8 Å². The lowest BCUT2D eigenvalue weighted by Crippen LogP contribution is -2.22. The largest absolute Gasteiger partial charge is 0.497 e. The molecule has 0 spiro atoms. The number of halogens is 1. The number of guanidine groups is 1. The van der Waals surface area contributed by atoms with Crippen LogP contribution in [0.5, 0.6) is 23.0 Å². The van der Waals surface area contributed by atoms with Gasteiger partial charge in [0.2, 0.25) is 0 Å². The molecule has 26 heavy (non-hydrogen) atoms. The molecule has 2 aromatic rings. The first-order valence-corrected chi connectivity index (χ1v) is 7.61. The molecule has 0 aliphatic rings. The van der Waals surface area contributed by atoms with Gasteiger partial charge in [0.1, 0.15) is 11.5 Å². The predicted molar refractivity (Wildman–Crippen MR) is 113 cm³/mol. The summed E-state index contributed by atoms with van der Waals surface area (Å²) in [6.07, 6.45) is 0. The van der Waals surface area contributed by atoms with Crippen LogP contribution in [0, 0.1) is 0 Å². The van der Waals surface area contributed by atoms with Crippen molar-refractivity contribution in [2.24, 2.45) is 10.7 Å². The van der Waals surface area contributed by atoms with Gasteiger partial charge in [0.15, 0.2) is 17.5 Å². The van der Waals surface area contributed by atoms with Crippen LogP contribution in [0.1, 0.15) is 5.56 Å². The van der Waals surface area contributed by atoms with Gasteiger partial charge in [-0.3, -0.25) is 0 Å². The summed E-state index contributed by atoms with van der Waals surface area (Å²) in [6.45, 7) is 0.332. The van der Waals surface area contributed by atoms with Crippen LogP contribution < -0.4 is 30.0 Å². The van der Waals surface area contributed by atoms with Crippen LogP contribution in [0.4, 0.5) is 5.69 Å². The highest BCUT2D eigenvalue weighted by molar-refractivity contribution is 14.0. The average molecular weight is 473 g/mol. The monoisotopic (exact) mass is 473 g/mol. The molecule has 0 saturated carbocycles. The summed E-state index contributed by atoms with van der Waals surface area (Å²) < 4.78 is 21.1. The molecule has 7 nitrogen and oxygen atoms in total. The van der Waals surface area contributed by atoms with E-state index in [4.69, 9.17) is 24.7 Å². The molecule has 0 fully saturated rings. The lowest BCUT2D eigenvalue weighted by molar-refractivity contribution is 0.347. The Morgan fingerprint density at radius 2 is 1.46 bits per heavy atom. The molecule has 0 bridgehead atoms. The minimum Gasteiger partial charge on any atom is -0.497 e. The number of nitrogens with zero attached hydrogens (tertiary/aromatic N) is 1. The predicted octanol–water partition coefficient (Wildman–Crippen LogP) is 3.27. The van der Waals surface area contributed by atoms with Crippen molar-refractivity contribution in [1.82, 2.24) is 0 Å². The Morgan fingerprint density at radius 1 is 0.885 bits per heavy atom. The number of aliphatic imine (C=N–C) groups is 1. The summed E-state index contributed by atoms with van der Waals surface area (Å²) in [4.78, 5) is 4.35. The summed E-state index contributed by atoms with van der Waals surface area (Å²) in [6, 6.07) is 11.0. The van der Waals surface area contributed by atoms with Gasteiger partial charge in [0.25, 0.3) is 0 Å². The standard InChI is InChI=1S/C18H23N3O4.HI/c1-22-14-7-5-13(6-8-14)21-18(19)20-11-12-9-16(24-3)17(25-4)10-15(12)23-2;/h5-10H,11H2,1-4H3,(H3,19,20,21);1H. The van der Waals surface area contributed by atoms with Crippen molar-refractivity contribution in [2.45, 2.75) is 6.54 Å². The van der Waals surface area contributed by atoms with Crippen molar-refractivity contribution >= 4 is 35.6 Å². The molecule has 0 amide bonds. The molecule has 0 heterocycles. The van der Waals surface area contributed by atoms with Crippen LogP contribution in [0.3, 0.4) is 0 Å². The van der Waals surface area contributed by atoms with Gasteiger partial charge in [-0.15, -0.1) is 24.0 Å². The summed E-state index contributed by atoms with van der Waals surface area (Å²) in [5.41, 5.74) is 7.61. The normalized spacial score (nSPS) is 10.5. The average Bonchev–Trinajstić information content (AvgIpc) is 2.66. The Hall–Kier alpha value is -2.36. The second-order valence-electron chi connectivity index (χ2n) is 5.07. The Balaban J connectivity index is 0.00000338. The number of hydrogen-bond acceptors (Lipinski definition) is 5. The summed E-state index contributed by atoms with van der Waals surface area (Å²) in [7, 11) is 6.37. The zero-order valence-electron chi connectivity index (χ0n) is 15.2. The number of methoxy groups -OCH3 is 4.